The summed E-state index contributed by atoms with van der Waals surface area (Å²) in [7, 11) is 0. The molecule has 2 fully saturated rings. The highest BCUT2D eigenvalue weighted by Crippen LogP contribution is 2.28. The van der Waals surface area contributed by atoms with Gasteiger partial charge in [0.25, 0.3) is 0 Å². The predicted molar refractivity (Wildman–Crippen MR) is 91.1 cm³/mol. The first-order chi connectivity index (χ1) is 10.8. The molecule has 1 N–H and O–H groups in total. The van der Waals surface area contributed by atoms with Gasteiger partial charge in [-0.25, -0.2) is 4.98 Å². The maximum absolute atomic E-state index is 12.0. The zero-order valence-electron chi connectivity index (χ0n) is 13.4. The Balaban J connectivity index is 1.41. The fourth-order valence-electron chi connectivity index (χ4n) is 3.60. The first-order valence-corrected chi connectivity index (χ1v) is 9.64. The Hall–Kier alpha value is -0.940. The summed E-state index contributed by atoms with van der Waals surface area (Å²) in [5, 5.41) is 5.83. The number of hydrogen-bond acceptors (Lipinski definition) is 4. The van der Waals surface area contributed by atoms with Gasteiger partial charge >= 0.3 is 0 Å². The van der Waals surface area contributed by atoms with Gasteiger partial charge < -0.3 is 5.32 Å². The number of hydrogen-bond donors (Lipinski definition) is 1. The van der Waals surface area contributed by atoms with Crippen LogP contribution in [0.4, 0.5) is 5.13 Å². The summed E-state index contributed by atoms with van der Waals surface area (Å²) >= 11 is 1.55. The summed E-state index contributed by atoms with van der Waals surface area (Å²) in [5.41, 5.74) is 1.10. The van der Waals surface area contributed by atoms with Crippen molar-refractivity contribution >= 4 is 22.4 Å². The van der Waals surface area contributed by atoms with Crippen LogP contribution in [0.15, 0.2) is 5.38 Å². The molecule has 2 heterocycles. The monoisotopic (exact) mass is 321 g/mol. The van der Waals surface area contributed by atoms with E-state index in [1.165, 1.54) is 58.0 Å². The molecule has 0 radical (unpaired) electrons. The van der Waals surface area contributed by atoms with Crippen molar-refractivity contribution in [3.63, 3.8) is 0 Å². The Morgan fingerprint density at radius 3 is 2.77 bits per heavy atom. The van der Waals surface area contributed by atoms with Crippen LogP contribution in [0.25, 0.3) is 0 Å². The molecule has 1 aromatic rings. The molecule has 22 heavy (non-hydrogen) atoms. The van der Waals surface area contributed by atoms with Crippen LogP contribution in [-0.2, 0) is 11.3 Å². The van der Waals surface area contributed by atoms with Crippen molar-refractivity contribution in [2.75, 3.05) is 18.4 Å². The summed E-state index contributed by atoms with van der Waals surface area (Å²) in [5.74, 6) is 0.905. The molecule has 0 bridgehead atoms. The SMILES string of the molecule is O=C(CCC1CCCC1)Nc1nc(CN2CCCCC2)cs1. The highest BCUT2D eigenvalue weighted by molar-refractivity contribution is 7.13. The minimum atomic E-state index is 0.130. The molecule has 1 aromatic heterocycles. The van der Waals surface area contributed by atoms with Crippen LogP contribution in [0.2, 0.25) is 0 Å². The first-order valence-electron chi connectivity index (χ1n) is 8.76. The van der Waals surface area contributed by atoms with E-state index in [9.17, 15) is 4.79 Å². The van der Waals surface area contributed by atoms with Crippen molar-refractivity contribution in [2.45, 2.75) is 64.3 Å². The van der Waals surface area contributed by atoms with Gasteiger partial charge in [-0.2, -0.15) is 0 Å². The normalized spacial score (nSPS) is 20.4. The Labute approximate surface area is 137 Å². The fourth-order valence-corrected chi connectivity index (χ4v) is 4.32. The average molecular weight is 321 g/mol. The van der Waals surface area contributed by atoms with Gasteiger partial charge in [0.05, 0.1) is 5.69 Å². The summed E-state index contributed by atoms with van der Waals surface area (Å²) in [4.78, 5) is 19.0. The van der Waals surface area contributed by atoms with Crippen molar-refractivity contribution in [2.24, 2.45) is 5.92 Å². The lowest BCUT2D eigenvalue weighted by molar-refractivity contribution is -0.116. The third kappa shape index (κ3) is 4.78. The summed E-state index contributed by atoms with van der Waals surface area (Å²) in [6.07, 6.45) is 11.0. The van der Waals surface area contributed by atoms with Gasteiger partial charge in [-0.3, -0.25) is 9.69 Å². The number of carbonyl (C=O) groups is 1. The molecule has 0 spiro atoms. The van der Waals surface area contributed by atoms with E-state index in [0.29, 0.717) is 6.42 Å². The van der Waals surface area contributed by atoms with Crippen LogP contribution in [0, 0.1) is 5.92 Å². The van der Waals surface area contributed by atoms with Crippen molar-refractivity contribution < 1.29 is 4.79 Å². The first kappa shape index (κ1) is 15.9. The molecule has 1 aliphatic heterocycles. The topological polar surface area (TPSA) is 45.2 Å². The second-order valence-corrected chi connectivity index (χ2v) is 7.58. The van der Waals surface area contributed by atoms with Crippen molar-refractivity contribution in [1.82, 2.24) is 9.88 Å². The molecular formula is C17H27N3OS. The number of rotatable bonds is 6. The molecule has 1 saturated heterocycles. The lowest BCUT2D eigenvalue weighted by atomic mass is 10.0. The Morgan fingerprint density at radius 1 is 1.23 bits per heavy atom. The number of thiazole rings is 1. The van der Waals surface area contributed by atoms with Gasteiger partial charge in [0.1, 0.15) is 0 Å². The highest BCUT2D eigenvalue weighted by Gasteiger charge is 2.17. The molecule has 5 heteroatoms. The van der Waals surface area contributed by atoms with Crippen LogP contribution >= 0.6 is 11.3 Å². The summed E-state index contributed by atoms with van der Waals surface area (Å²) in [6.45, 7) is 3.29. The molecule has 4 nitrogen and oxygen atoms in total. The molecule has 1 amide bonds. The van der Waals surface area contributed by atoms with Crippen LogP contribution in [0.3, 0.4) is 0 Å². The number of nitrogens with zero attached hydrogens (tertiary/aromatic N) is 2. The molecule has 122 valence electrons. The van der Waals surface area contributed by atoms with Crippen molar-refractivity contribution in [3.05, 3.63) is 11.1 Å². The quantitative estimate of drug-likeness (QED) is 0.860. The maximum Gasteiger partial charge on any atom is 0.226 e. The standard InChI is InChI=1S/C17H27N3OS/c21-16(9-8-14-6-2-3-7-14)19-17-18-15(13-22-17)12-20-10-4-1-5-11-20/h13-14H,1-12H2,(H,18,19,21). The Kier molecular flexibility index (Phi) is 5.84. The van der Waals surface area contributed by atoms with Crippen LogP contribution in [-0.4, -0.2) is 28.9 Å². The predicted octanol–water partition coefficient (Wildman–Crippen LogP) is 4.04. The van der Waals surface area contributed by atoms with E-state index in [-0.39, 0.29) is 5.91 Å². The van der Waals surface area contributed by atoms with Crippen LogP contribution in [0.5, 0.6) is 0 Å². The number of nitrogens with one attached hydrogen (secondary N) is 1. The van der Waals surface area contributed by atoms with Gasteiger partial charge in [0, 0.05) is 18.3 Å². The largest absolute Gasteiger partial charge is 0.302 e. The average Bonchev–Trinajstić information content (AvgIpc) is 3.18. The van der Waals surface area contributed by atoms with E-state index < -0.39 is 0 Å². The molecule has 0 atom stereocenters. The number of amides is 1. The van der Waals surface area contributed by atoms with Gasteiger partial charge in [0.15, 0.2) is 5.13 Å². The lowest BCUT2D eigenvalue weighted by Gasteiger charge is -2.25. The number of aromatic nitrogens is 1. The third-order valence-corrected chi connectivity index (χ3v) is 5.69. The second-order valence-electron chi connectivity index (χ2n) is 6.72. The van der Waals surface area contributed by atoms with E-state index in [2.05, 4.69) is 20.6 Å². The fraction of sp³-hybridized carbons (Fsp3) is 0.765. The minimum Gasteiger partial charge on any atom is -0.302 e. The third-order valence-electron chi connectivity index (χ3n) is 4.89. The zero-order chi connectivity index (χ0) is 15.2. The number of carbonyl (C=O) groups excluding carboxylic acids is 1. The van der Waals surface area contributed by atoms with E-state index >= 15 is 0 Å². The van der Waals surface area contributed by atoms with Gasteiger partial charge in [0.2, 0.25) is 5.91 Å². The molecule has 1 aliphatic carbocycles. The molecule has 0 unspecified atom stereocenters. The number of likely N-dealkylation sites (tertiary alicyclic amines) is 1. The van der Waals surface area contributed by atoms with E-state index in [4.69, 9.17) is 0 Å². The van der Waals surface area contributed by atoms with Gasteiger partial charge in [-0.15, -0.1) is 11.3 Å². The summed E-state index contributed by atoms with van der Waals surface area (Å²) in [6, 6.07) is 0. The van der Waals surface area contributed by atoms with Gasteiger partial charge in [-0.05, 0) is 38.3 Å². The van der Waals surface area contributed by atoms with Gasteiger partial charge in [-0.1, -0.05) is 32.1 Å². The lowest BCUT2D eigenvalue weighted by Crippen LogP contribution is -2.29. The number of piperidine rings is 1. The maximum atomic E-state index is 12.0. The van der Waals surface area contributed by atoms with E-state index in [1.807, 2.05) is 0 Å². The molecule has 3 rings (SSSR count). The van der Waals surface area contributed by atoms with Crippen molar-refractivity contribution in [3.8, 4) is 0 Å². The second kappa shape index (κ2) is 8.06. The van der Waals surface area contributed by atoms with E-state index in [0.717, 1.165) is 29.7 Å². The van der Waals surface area contributed by atoms with E-state index in [1.54, 1.807) is 11.3 Å². The smallest absolute Gasteiger partial charge is 0.226 e. The Bertz CT molecular complexity index is 476. The zero-order valence-corrected chi connectivity index (χ0v) is 14.2. The molecular weight excluding hydrogens is 294 g/mol. The van der Waals surface area contributed by atoms with Crippen LogP contribution < -0.4 is 5.32 Å². The van der Waals surface area contributed by atoms with Crippen LogP contribution in [0.1, 0.15) is 63.5 Å². The highest BCUT2D eigenvalue weighted by atomic mass is 32.1. The molecule has 2 aliphatic rings. The number of anilines is 1. The summed E-state index contributed by atoms with van der Waals surface area (Å²) < 4.78 is 0. The van der Waals surface area contributed by atoms with Crippen molar-refractivity contribution in [1.29, 1.82) is 0 Å². The molecule has 1 saturated carbocycles. The minimum absolute atomic E-state index is 0.130. The molecule has 0 aromatic carbocycles. The Morgan fingerprint density at radius 2 is 2.00 bits per heavy atom.